The number of ether oxygens (including phenoxy) is 1. The fourth-order valence-corrected chi connectivity index (χ4v) is 3.88. The van der Waals surface area contributed by atoms with E-state index in [1.54, 1.807) is 29.7 Å². The van der Waals surface area contributed by atoms with E-state index in [9.17, 15) is 4.79 Å². The Bertz CT molecular complexity index is 936. The van der Waals surface area contributed by atoms with E-state index in [4.69, 9.17) is 9.15 Å². The summed E-state index contributed by atoms with van der Waals surface area (Å²) in [5.41, 5.74) is 3.21. The number of methoxy groups -OCH3 is 1. The number of thiazole rings is 1. The third-order valence-corrected chi connectivity index (χ3v) is 5.41. The number of likely N-dealkylation sites (tertiary alicyclic amines) is 1. The third kappa shape index (κ3) is 2.96. The van der Waals surface area contributed by atoms with Crippen LogP contribution in [-0.4, -0.2) is 39.6 Å². The van der Waals surface area contributed by atoms with Crippen molar-refractivity contribution in [1.29, 1.82) is 0 Å². The van der Waals surface area contributed by atoms with Gasteiger partial charge < -0.3 is 14.1 Å². The highest BCUT2D eigenvalue weighted by Gasteiger charge is 2.34. The zero-order valence-corrected chi connectivity index (χ0v) is 15.3. The molecule has 3 heterocycles. The first-order chi connectivity index (χ1) is 12.7. The number of carbonyl (C=O) groups excluding carboxylic acids is 1. The summed E-state index contributed by atoms with van der Waals surface area (Å²) in [7, 11) is 1.59. The maximum absolute atomic E-state index is 13.0. The molecule has 0 N–H and O–H groups in total. The molecule has 26 heavy (non-hydrogen) atoms. The van der Waals surface area contributed by atoms with Crippen molar-refractivity contribution < 1.29 is 13.9 Å². The lowest BCUT2D eigenvalue weighted by molar-refractivity contribution is 0.0715. The number of aromatic nitrogens is 3. The Hall–Kier alpha value is -2.74. The van der Waals surface area contributed by atoms with Crippen molar-refractivity contribution >= 4 is 17.2 Å². The molecule has 3 aromatic rings. The Morgan fingerprint density at radius 1 is 1.38 bits per heavy atom. The second-order valence-electron chi connectivity index (χ2n) is 6.10. The van der Waals surface area contributed by atoms with Crippen LogP contribution in [0.4, 0.5) is 0 Å². The van der Waals surface area contributed by atoms with Gasteiger partial charge in [-0.3, -0.25) is 4.79 Å². The van der Waals surface area contributed by atoms with Gasteiger partial charge in [0.25, 0.3) is 11.8 Å². The quantitative estimate of drug-likeness (QED) is 0.699. The second kappa shape index (κ2) is 6.87. The lowest BCUT2D eigenvalue weighted by Crippen LogP contribution is -2.30. The molecular formula is C18H18N4O3S. The zero-order chi connectivity index (χ0) is 18.1. The number of amides is 1. The summed E-state index contributed by atoms with van der Waals surface area (Å²) in [5.74, 6) is 1.54. The monoisotopic (exact) mass is 370 g/mol. The van der Waals surface area contributed by atoms with Crippen LogP contribution >= 0.6 is 11.3 Å². The summed E-state index contributed by atoms with van der Waals surface area (Å²) in [6, 6.07) is 6.97. The van der Waals surface area contributed by atoms with Gasteiger partial charge in [0.15, 0.2) is 0 Å². The van der Waals surface area contributed by atoms with Crippen molar-refractivity contribution in [3.63, 3.8) is 0 Å². The maximum Gasteiger partial charge on any atom is 0.259 e. The average Bonchev–Trinajstić information content (AvgIpc) is 3.40. The van der Waals surface area contributed by atoms with Crippen molar-refractivity contribution in [2.24, 2.45) is 0 Å². The first kappa shape index (κ1) is 16.7. The standard InChI is InChI=1S/C18H18N4O3S/c1-11-15(26-10-19-11)17-21-20-16(25-17)14-7-4-8-22(14)18(23)12-5-3-6-13(9-12)24-2/h3,5-6,9-10,14H,4,7-8H2,1-2H3/t14-/m1/s1. The predicted molar refractivity (Wildman–Crippen MR) is 96.1 cm³/mol. The van der Waals surface area contributed by atoms with Crippen molar-refractivity contribution in [3.8, 4) is 16.5 Å². The van der Waals surface area contributed by atoms with Crippen LogP contribution in [-0.2, 0) is 0 Å². The average molecular weight is 370 g/mol. The van der Waals surface area contributed by atoms with E-state index >= 15 is 0 Å². The lowest BCUT2D eigenvalue weighted by atomic mass is 10.1. The Morgan fingerprint density at radius 3 is 3.04 bits per heavy atom. The molecule has 0 unspecified atom stereocenters. The third-order valence-electron chi connectivity index (χ3n) is 4.50. The minimum Gasteiger partial charge on any atom is -0.497 e. The molecule has 1 fully saturated rings. The number of benzene rings is 1. The van der Waals surface area contributed by atoms with Crippen LogP contribution < -0.4 is 4.74 Å². The molecule has 4 rings (SSSR count). The molecule has 0 spiro atoms. The van der Waals surface area contributed by atoms with E-state index in [0.717, 1.165) is 23.4 Å². The lowest BCUT2D eigenvalue weighted by Gasteiger charge is -2.22. The van der Waals surface area contributed by atoms with Gasteiger partial charge in [0, 0.05) is 12.1 Å². The van der Waals surface area contributed by atoms with Gasteiger partial charge in [-0.2, -0.15) is 0 Å². The zero-order valence-electron chi connectivity index (χ0n) is 14.5. The van der Waals surface area contributed by atoms with E-state index in [1.165, 1.54) is 11.3 Å². The minimum atomic E-state index is -0.205. The molecule has 1 aliphatic heterocycles. The predicted octanol–water partition coefficient (Wildman–Crippen LogP) is 3.49. The van der Waals surface area contributed by atoms with Crippen LogP contribution in [0.2, 0.25) is 0 Å². The molecule has 134 valence electrons. The number of rotatable bonds is 4. The topological polar surface area (TPSA) is 81.4 Å². The van der Waals surface area contributed by atoms with Crippen LogP contribution in [0, 0.1) is 6.92 Å². The molecular weight excluding hydrogens is 352 g/mol. The minimum absolute atomic E-state index is 0.0554. The van der Waals surface area contributed by atoms with Gasteiger partial charge in [-0.25, -0.2) is 4.98 Å². The van der Waals surface area contributed by atoms with Crippen molar-refractivity contribution in [2.45, 2.75) is 25.8 Å². The molecule has 1 aliphatic rings. The van der Waals surface area contributed by atoms with Gasteiger partial charge in [-0.1, -0.05) is 6.07 Å². The molecule has 8 heteroatoms. The van der Waals surface area contributed by atoms with Gasteiger partial charge in [0.05, 0.1) is 18.3 Å². The van der Waals surface area contributed by atoms with Crippen LogP contribution in [0.15, 0.2) is 34.2 Å². The van der Waals surface area contributed by atoms with E-state index in [1.807, 2.05) is 19.1 Å². The van der Waals surface area contributed by atoms with Gasteiger partial charge in [0.1, 0.15) is 16.7 Å². The highest BCUT2D eigenvalue weighted by atomic mass is 32.1. The molecule has 1 amide bonds. The van der Waals surface area contributed by atoms with Crippen molar-refractivity contribution in [2.75, 3.05) is 13.7 Å². The Morgan fingerprint density at radius 2 is 2.27 bits per heavy atom. The van der Waals surface area contributed by atoms with E-state index < -0.39 is 0 Å². The number of hydrogen-bond donors (Lipinski definition) is 0. The van der Waals surface area contributed by atoms with Gasteiger partial charge in [0.2, 0.25) is 5.89 Å². The first-order valence-corrected chi connectivity index (χ1v) is 9.24. The van der Waals surface area contributed by atoms with Crippen molar-refractivity contribution in [1.82, 2.24) is 20.1 Å². The smallest absolute Gasteiger partial charge is 0.259 e. The highest BCUT2D eigenvalue weighted by Crippen LogP contribution is 2.35. The van der Waals surface area contributed by atoms with Crippen LogP contribution in [0.3, 0.4) is 0 Å². The SMILES string of the molecule is COc1cccc(C(=O)N2CCC[C@@H]2c2nnc(-c3scnc3C)o2)c1. The molecule has 7 nitrogen and oxygen atoms in total. The first-order valence-electron chi connectivity index (χ1n) is 8.36. The molecule has 1 saturated heterocycles. The van der Waals surface area contributed by atoms with E-state index in [0.29, 0.717) is 29.6 Å². The summed E-state index contributed by atoms with van der Waals surface area (Å²) in [5, 5.41) is 8.35. The molecule has 1 aromatic carbocycles. The summed E-state index contributed by atoms with van der Waals surface area (Å²) < 4.78 is 11.1. The highest BCUT2D eigenvalue weighted by molar-refractivity contribution is 7.13. The van der Waals surface area contributed by atoms with Gasteiger partial charge >= 0.3 is 0 Å². The van der Waals surface area contributed by atoms with Gasteiger partial charge in [-0.15, -0.1) is 21.5 Å². The molecule has 0 saturated carbocycles. The summed E-state index contributed by atoms with van der Waals surface area (Å²) >= 11 is 1.46. The molecule has 0 radical (unpaired) electrons. The fourth-order valence-electron chi connectivity index (χ4n) is 3.16. The van der Waals surface area contributed by atoms with E-state index in [-0.39, 0.29) is 11.9 Å². The molecule has 0 aliphatic carbocycles. The Labute approximate surface area is 154 Å². The fraction of sp³-hybridized carbons (Fsp3) is 0.333. The number of carbonyl (C=O) groups is 1. The molecule has 2 aromatic heterocycles. The number of hydrogen-bond acceptors (Lipinski definition) is 7. The van der Waals surface area contributed by atoms with Crippen LogP contribution in [0.5, 0.6) is 5.75 Å². The summed E-state index contributed by atoms with van der Waals surface area (Å²) in [4.78, 5) is 19.8. The number of nitrogens with zero attached hydrogens (tertiary/aromatic N) is 4. The van der Waals surface area contributed by atoms with Crippen LogP contribution in [0.1, 0.15) is 40.8 Å². The molecule has 1 atom stereocenters. The van der Waals surface area contributed by atoms with Crippen molar-refractivity contribution in [3.05, 3.63) is 46.9 Å². The Kier molecular flexibility index (Phi) is 4.42. The number of aryl methyl sites for hydroxylation is 1. The van der Waals surface area contributed by atoms with Crippen LogP contribution in [0.25, 0.3) is 10.8 Å². The summed E-state index contributed by atoms with van der Waals surface area (Å²) in [6.45, 7) is 2.57. The largest absolute Gasteiger partial charge is 0.497 e. The maximum atomic E-state index is 13.0. The van der Waals surface area contributed by atoms with Gasteiger partial charge in [-0.05, 0) is 38.0 Å². The summed E-state index contributed by atoms with van der Waals surface area (Å²) in [6.07, 6.45) is 1.71. The molecule has 0 bridgehead atoms. The normalized spacial score (nSPS) is 16.8. The second-order valence-corrected chi connectivity index (χ2v) is 6.96. The van der Waals surface area contributed by atoms with E-state index in [2.05, 4.69) is 15.2 Å². The Balaban J connectivity index is 1.60.